The molecule has 0 spiro atoms. The molecule has 1 heterocycles. The lowest BCUT2D eigenvalue weighted by Crippen LogP contribution is -2.21. The number of hydrogen-bond donors (Lipinski definition) is 2. The van der Waals surface area contributed by atoms with Crippen molar-refractivity contribution in [2.24, 2.45) is 0 Å². The van der Waals surface area contributed by atoms with Crippen molar-refractivity contribution in [1.29, 1.82) is 0 Å². The largest absolute Gasteiger partial charge is 0.493 e. The SMILES string of the molecule is COc1cc(NCC(=O)Nc2cc(C)on2)cc(OC)c1OC. The third kappa shape index (κ3) is 4.06. The van der Waals surface area contributed by atoms with Gasteiger partial charge in [0.1, 0.15) is 5.76 Å². The summed E-state index contributed by atoms with van der Waals surface area (Å²) >= 11 is 0. The van der Waals surface area contributed by atoms with Gasteiger partial charge in [0, 0.05) is 23.9 Å². The van der Waals surface area contributed by atoms with Gasteiger partial charge in [-0.1, -0.05) is 5.16 Å². The highest BCUT2D eigenvalue weighted by Gasteiger charge is 2.14. The van der Waals surface area contributed by atoms with E-state index in [1.807, 2.05) is 0 Å². The van der Waals surface area contributed by atoms with Crippen LogP contribution in [0.1, 0.15) is 5.76 Å². The van der Waals surface area contributed by atoms with Crippen LogP contribution in [0.3, 0.4) is 0 Å². The van der Waals surface area contributed by atoms with Gasteiger partial charge < -0.3 is 29.4 Å². The van der Waals surface area contributed by atoms with Crippen molar-refractivity contribution in [2.75, 3.05) is 38.5 Å². The number of rotatable bonds is 7. The highest BCUT2D eigenvalue weighted by Crippen LogP contribution is 2.39. The second-order valence-corrected chi connectivity index (χ2v) is 4.64. The van der Waals surface area contributed by atoms with Crippen molar-refractivity contribution >= 4 is 17.4 Å². The van der Waals surface area contributed by atoms with Crippen LogP contribution in [0.15, 0.2) is 22.7 Å². The lowest BCUT2D eigenvalue weighted by atomic mass is 10.2. The van der Waals surface area contributed by atoms with Crippen molar-refractivity contribution in [3.63, 3.8) is 0 Å². The van der Waals surface area contributed by atoms with E-state index in [0.29, 0.717) is 34.5 Å². The minimum atomic E-state index is -0.257. The topological polar surface area (TPSA) is 94.9 Å². The monoisotopic (exact) mass is 321 g/mol. The van der Waals surface area contributed by atoms with Crippen LogP contribution < -0.4 is 24.8 Å². The van der Waals surface area contributed by atoms with Gasteiger partial charge in [-0.05, 0) is 6.92 Å². The molecule has 0 atom stereocenters. The van der Waals surface area contributed by atoms with Gasteiger partial charge in [0.05, 0.1) is 27.9 Å². The summed E-state index contributed by atoms with van der Waals surface area (Å²) in [6, 6.07) is 5.07. The van der Waals surface area contributed by atoms with E-state index in [9.17, 15) is 4.79 Å². The number of nitrogens with one attached hydrogen (secondary N) is 2. The van der Waals surface area contributed by atoms with E-state index in [0.717, 1.165) is 0 Å². The first-order valence-electron chi connectivity index (χ1n) is 6.84. The summed E-state index contributed by atoms with van der Waals surface area (Å²) in [5, 5.41) is 9.30. The molecular weight excluding hydrogens is 302 g/mol. The quantitative estimate of drug-likeness (QED) is 0.806. The Morgan fingerprint density at radius 3 is 2.26 bits per heavy atom. The van der Waals surface area contributed by atoms with Gasteiger partial charge in [-0.25, -0.2) is 0 Å². The fourth-order valence-corrected chi connectivity index (χ4v) is 1.98. The van der Waals surface area contributed by atoms with Gasteiger partial charge in [0.25, 0.3) is 0 Å². The van der Waals surface area contributed by atoms with Gasteiger partial charge in [-0.15, -0.1) is 0 Å². The molecule has 0 fully saturated rings. The number of anilines is 2. The molecule has 0 saturated carbocycles. The molecule has 8 heteroatoms. The fourth-order valence-electron chi connectivity index (χ4n) is 1.98. The average Bonchev–Trinajstić information content (AvgIpc) is 2.96. The Kier molecular flexibility index (Phi) is 5.29. The van der Waals surface area contributed by atoms with Crippen molar-refractivity contribution in [3.8, 4) is 17.2 Å². The summed E-state index contributed by atoms with van der Waals surface area (Å²) in [6.45, 7) is 1.79. The zero-order chi connectivity index (χ0) is 16.8. The molecule has 0 aliphatic rings. The molecule has 0 saturated heterocycles. The van der Waals surface area contributed by atoms with Crippen LogP contribution in [-0.2, 0) is 4.79 Å². The normalized spacial score (nSPS) is 10.1. The molecule has 2 aromatic rings. The third-order valence-corrected chi connectivity index (χ3v) is 3.01. The number of nitrogens with zero attached hydrogens (tertiary/aromatic N) is 1. The maximum absolute atomic E-state index is 11.9. The summed E-state index contributed by atoms with van der Waals surface area (Å²) in [4.78, 5) is 11.9. The number of ether oxygens (including phenoxy) is 3. The molecule has 1 amide bonds. The Hall–Kier alpha value is -2.90. The molecule has 23 heavy (non-hydrogen) atoms. The Bertz CT molecular complexity index is 658. The predicted molar refractivity (Wildman–Crippen MR) is 84.5 cm³/mol. The van der Waals surface area contributed by atoms with Crippen molar-refractivity contribution in [2.45, 2.75) is 6.92 Å². The summed E-state index contributed by atoms with van der Waals surface area (Å²) < 4.78 is 20.6. The first-order valence-corrected chi connectivity index (χ1v) is 6.84. The minimum Gasteiger partial charge on any atom is -0.493 e. The second-order valence-electron chi connectivity index (χ2n) is 4.64. The van der Waals surface area contributed by atoms with Gasteiger partial charge in [-0.2, -0.15) is 0 Å². The highest BCUT2D eigenvalue weighted by molar-refractivity contribution is 5.93. The van der Waals surface area contributed by atoms with E-state index in [1.165, 1.54) is 21.3 Å². The van der Waals surface area contributed by atoms with E-state index in [1.54, 1.807) is 25.1 Å². The zero-order valence-corrected chi connectivity index (χ0v) is 13.4. The van der Waals surface area contributed by atoms with Crippen molar-refractivity contribution < 1.29 is 23.5 Å². The lowest BCUT2D eigenvalue weighted by molar-refractivity contribution is -0.114. The van der Waals surface area contributed by atoms with Crippen LogP contribution in [0.25, 0.3) is 0 Å². The first-order chi connectivity index (χ1) is 11.1. The number of aromatic nitrogens is 1. The molecule has 0 bridgehead atoms. The Morgan fingerprint density at radius 2 is 1.78 bits per heavy atom. The zero-order valence-electron chi connectivity index (χ0n) is 13.4. The van der Waals surface area contributed by atoms with E-state index < -0.39 is 0 Å². The molecule has 0 radical (unpaired) electrons. The number of hydrogen-bond acceptors (Lipinski definition) is 7. The smallest absolute Gasteiger partial charge is 0.244 e. The second kappa shape index (κ2) is 7.39. The summed E-state index contributed by atoms with van der Waals surface area (Å²) in [6.07, 6.45) is 0. The number of carbonyl (C=O) groups is 1. The van der Waals surface area contributed by atoms with E-state index in [4.69, 9.17) is 18.7 Å². The highest BCUT2D eigenvalue weighted by atomic mass is 16.5. The summed E-state index contributed by atoms with van der Waals surface area (Å²) in [5.41, 5.74) is 0.658. The molecule has 8 nitrogen and oxygen atoms in total. The molecule has 2 rings (SSSR count). The number of methoxy groups -OCH3 is 3. The maximum Gasteiger partial charge on any atom is 0.244 e. The summed E-state index contributed by atoms with van der Waals surface area (Å²) in [7, 11) is 4.59. The molecule has 0 aliphatic carbocycles. The number of carbonyl (C=O) groups excluding carboxylic acids is 1. The van der Waals surface area contributed by atoms with Crippen LogP contribution in [0.2, 0.25) is 0 Å². The number of benzene rings is 1. The Balaban J connectivity index is 2.03. The molecule has 1 aromatic carbocycles. The van der Waals surface area contributed by atoms with Crippen molar-refractivity contribution in [3.05, 3.63) is 24.0 Å². The molecule has 124 valence electrons. The standard InChI is InChI=1S/C15H19N3O5/c1-9-5-13(18-23-9)17-14(19)8-16-10-6-11(20-2)15(22-4)12(7-10)21-3/h5-7,16H,8H2,1-4H3,(H,17,18,19). The van der Waals surface area contributed by atoms with E-state index in [-0.39, 0.29) is 12.5 Å². The summed E-state index contributed by atoms with van der Waals surface area (Å²) in [5.74, 6) is 2.23. The van der Waals surface area contributed by atoms with Crippen molar-refractivity contribution in [1.82, 2.24) is 5.16 Å². The average molecular weight is 321 g/mol. The molecule has 1 aromatic heterocycles. The molecule has 0 aliphatic heterocycles. The van der Waals surface area contributed by atoms with Gasteiger partial charge in [-0.3, -0.25) is 4.79 Å². The maximum atomic E-state index is 11.9. The number of amides is 1. The Labute approximate surface area is 133 Å². The minimum absolute atomic E-state index is 0.0462. The Morgan fingerprint density at radius 1 is 1.13 bits per heavy atom. The van der Waals surface area contributed by atoms with Crippen LogP contribution in [0.4, 0.5) is 11.5 Å². The fraction of sp³-hybridized carbons (Fsp3) is 0.333. The van der Waals surface area contributed by atoms with Gasteiger partial charge >= 0.3 is 0 Å². The van der Waals surface area contributed by atoms with Gasteiger partial charge in [0.2, 0.25) is 11.7 Å². The van der Waals surface area contributed by atoms with Crippen LogP contribution in [0.5, 0.6) is 17.2 Å². The lowest BCUT2D eigenvalue weighted by Gasteiger charge is -2.14. The molecular formula is C15H19N3O5. The number of aryl methyl sites for hydroxylation is 1. The predicted octanol–water partition coefficient (Wildman–Crippen LogP) is 2.06. The van der Waals surface area contributed by atoms with Gasteiger partial charge in [0.15, 0.2) is 17.3 Å². The van der Waals surface area contributed by atoms with Crippen LogP contribution >= 0.6 is 0 Å². The molecule has 2 N–H and O–H groups in total. The first kappa shape index (κ1) is 16.5. The third-order valence-electron chi connectivity index (χ3n) is 3.01. The van der Waals surface area contributed by atoms with E-state index >= 15 is 0 Å². The van der Waals surface area contributed by atoms with E-state index in [2.05, 4.69) is 15.8 Å². The molecule has 0 unspecified atom stereocenters. The van der Waals surface area contributed by atoms with Crippen LogP contribution in [-0.4, -0.2) is 38.9 Å². The van der Waals surface area contributed by atoms with Crippen LogP contribution in [0, 0.1) is 6.92 Å².